The molecule has 4 aromatic rings. The lowest BCUT2D eigenvalue weighted by Gasteiger charge is -2.29. The maximum Gasteiger partial charge on any atom is 0.344 e. The number of methoxy groups -OCH3 is 2. The first-order valence-corrected chi connectivity index (χ1v) is 24.3. The SMILES string of the molecule is CCOC(=O)COc1c2cc(C(C)(C)C)cc1Cc1cc(C(C)(C)C)cc(c1OCCOC)Cc1cc(C(C)(C)C)cc(c1OCC(=O)OCC)Cc1cc(C(C)(C)C)cc(c1OCCOC)C2. The molecule has 0 fully saturated rings. The lowest BCUT2D eigenvalue weighted by atomic mass is 9.79. The van der Waals surface area contributed by atoms with E-state index in [2.05, 4.69) is 132 Å². The highest BCUT2D eigenvalue weighted by Crippen LogP contribution is 2.44. The van der Waals surface area contributed by atoms with Gasteiger partial charge in [-0.15, -0.1) is 0 Å². The fraction of sp³-hybridized carbons (Fsp3) is 0.552. The molecule has 1 aliphatic rings. The molecule has 10 nitrogen and oxygen atoms in total. The van der Waals surface area contributed by atoms with Gasteiger partial charge in [-0.25, -0.2) is 9.59 Å². The number of carbonyl (C=O) groups excluding carboxylic acids is 2. The summed E-state index contributed by atoms with van der Waals surface area (Å²) in [5, 5.41) is 0. The van der Waals surface area contributed by atoms with Crippen LogP contribution >= 0.6 is 0 Å². The van der Waals surface area contributed by atoms with Crippen LogP contribution in [0, 0.1) is 0 Å². The third kappa shape index (κ3) is 14.0. The molecule has 0 saturated carbocycles. The Morgan fingerprint density at radius 2 is 0.603 bits per heavy atom. The zero-order valence-electron chi connectivity index (χ0n) is 44.2. The van der Waals surface area contributed by atoms with Crippen LogP contribution < -0.4 is 18.9 Å². The van der Waals surface area contributed by atoms with Crippen molar-refractivity contribution in [1.82, 2.24) is 0 Å². The first-order chi connectivity index (χ1) is 31.9. The second kappa shape index (κ2) is 22.6. The number of hydrogen-bond donors (Lipinski definition) is 0. The van der Waals surface area contributed by atoms with Crippen molar-refractivity contribution in [1.29, 1.82) is 0 Å². The maximum atomic E-state index is 13.2. The van der Waals surface area contributed by atoms with Crippen LogP contribution in [0.5, 0.6) is 23.0 Å². The fourth-order valence-corrected chi connectivity index (χ4v) is 8.48. The Morgan fingerprint density at radius 1 is 0.382 bits per heavy atom. The van der Waals surface area contributed by atoms with Gasteiger partial charge in [-0.2, -0.15) is 0 Å². The van der Waals surface area contributed by atoms with E-state index in [9.17, 15) is 9.59 Å². The van der Waals surface area contributed by atoms with Crippen molar-refractivity contribution in [2.24, 2.45) is 0 Å². The monoisotopic (exact) mass is 937 g/mol. The van der Waals surface area contributed by atoms with Crippen LogP contribution in [0.1, 0.15) is 164 Å². The number of fused-ring (bicyclic) bond motifs is 8. The molecule has 0 aliphatic heterocycles. The van der Waals surface area contributed by atoms with Crippen molar-refractivity contribution in [2.75, 3.05) is 67.1 Å². The van der Waals surface area contributed by atoms with Gasteiger partial charge in [0.2, 0.25) is 0 Å². The average molecular weight is 937 g/mol. The van der Waals surface area contributed by atoms with E-state index in [1.807, 2.05) is 0 Å². The molecule has 0 radical (unpaired) electrons. The lowest BCUT2D eigenvalue weighted by molar-refractivity contribution is -0.146. The van der Waals surface area contributed by atoms with E-state index in [0.717, 1.165) is 78.3 Å². The molecule has 4 aromatic carbocycles. The predicted octanol–water partition coefficient (Wildman–Crippen LogP) is 11.5. The van der Waals surface area contributed by atoms with E-state index in [-0.39, 0.29) is 48.1 Å². The van der Waals surface area contributed by atoms with Crippen molar-refractivity contribution in [3.63, 3.8) is 0 Å². The molecule has 0 saturated heterocycles. The summed E-state index contributed by atoms with van der Waals surface area (Å²) in [5.41, 5.74) is 11.1. The molecule has 0 heterocycles. The van der Waals surface area contributed by atoms with Crippen molar-refractivity contribution in [3.8, 4) is 23.0 Å². The van der Waals surface area contributed by atoms with Crippen molar-refractivity contribution >= 4 is 11.9 Å². The van der Waals surface area contributed by atoms with Crippen molar-refractivity contribution < 1.29 is 47.5 Å². The van der Waals surface area contributed by atoms with Crippen LogP contribution in [0.4, 0.5) is 0 Å². The molecule has 8 bridgehead atoms. The quantitative estimate of drug-likeness (QED) is 0.0701. The van der Waals surface area contributed by atoms with E-state index < -0.39 is 11.9 Å². The topological polar surface area (TPSA) is 108 Å². The van der Waals surface area contributed by atoms with Crippen molar-refractivity contribution in [3.05, 3.63) is 115 Å². The first-order valence-electron chi connectivity index (χ1n) is 24.3. The Balaban J connectivity index is 2.02. The Bertz CT molecular complexity index is 2120. The number of hydrogen-bond acceptors (Lipinski definition) is 10. The number of carbonyl (C=O) groups is 2. The maximum absolute atomic E-state index is 13.2. The number of benzene rings is 4. The van der Waals surface area contributed by atoms with E-state index in [0.29, 0.717) is 63.6 Å². The molecular weight excluding hydrogens is 857 g/mol. The Kier molecular flexibility index (Phi) is 17.9. The lowest BCUT2D eigenvalue weighted by Crippen LogP contribution is -2.20. The van der Waals surface area contributed by atoms with Gasteiger partial charge in [-0.1, -0.05) is 132 Å². The summed E-state index contributed by atoms with van der Waals surface area (Å²) in [7, 11) is 3.34. The van der Waals surface area contributed by atoms with E-state index >= 15 is 0 Å². The molecule has 0 atom stereocenters. The van der Waals surface area contributed by atoms with E-state index in [1.165, 1.54) is 0 Å². The molecule has 372 valence electrons. The van der Waals surface area contributed by atoms with Gasteiger partial charge in [-0.3, -0.25) is 0 Å². The van der Waals surface area contributed by atoms with Crippen LogP contribution in [0.2, 0.25) is 0 Å². The minimum Gasteiger partial charge on any atom is -0.491 e. The zero-order chi connectivity index (χ0) is 50.2. The number of esters is 2. The minimum absolute atomic E-state index is 0.245. The molecule has 1 aliphatic carbocycles. The standard InChI is InChI=1S/C58H80O10/c1-17-63-49(59)35-67-53-41-23-37-27-45(55(3,4)5)29-39(51(37)65-21-19-61-15)25-43-33-48(58(12,13)14)34-44(54(43)68-36-50(60)64-18-2)26-40-30-46(56(6,7)8)28-38(52(40)66-22-20-62-16)24-42(53)32-47(31-41)57(9,10)11/h27-34H,17-26,35-36H2,1-16H3. The summed E-state index contributed by atoms with van der Waals surface area (Å²) < 4.78 is 49.1. The molecule has 0 unspecified atom stereocenters. The molecule has 5 rings (SSSR count). The molecule has 10 heteroatoms. The smallest absolute Gasteiger partial charge is 0.344 e. The van der Waals surface area contributed by atoms with Crippen LogP contribution in [-0.4, -0.2) is 79.0 Å². The number of rotatable bonds is 16. The Morgan fingerprint density at radius 3 is 0.794 bits per heavy atom. The van der Waals surface area contributed by atoms with E-state index in [1.54, 1.807) is 28.1 Å². The van der Waals surface area contributed by atoms with Crippen LogP contribution in [-0.2, 0) is 75.9 Å². The molecular formula is C58H80O10. The zero-order valence-corrected chi connectivity index (χ0v) is 44.2. The first kappa shape index (κ1) is 53.9. The van der Waals surface area contributed by atoms with Crippen LogP contribution in [0.3, 0.4) is 0 Å². The normalized spacial score (nSPS) is 13.2. The van der Waals surface area contributed by atoms with Gasteiger partial charge in [0.25, 0.3) is 0 Å². The van der Waals surface area contributed by atoms with Gasteiger partial charge in [0, 0.05) is 39.9 Å². The highest BCUT2D eigenvalue weighted by Gasteiger charge is 2.30. The van der Waals surface area contributed by atoms with Gasteiger partial charge in [-0.05, 0) is 102 Å². The van der Waals surface area contributed by atoms with Gasteiger partial charge >= 0.3 is 11.9 Å². The van der Waals surface area contributed by atoms with Gasteiger partial charge in [0.15, 0.2) is 13.2 Å². The summed E-state index contributed by atoms with van der Waals surface area (Å²) in [5.74, 6) is 1.87. The highest BCUT2D eigenvalue weighted by molar-refractivity contribution is 5.72. The van der Waals surface area contributed by atoms with Crippen molar-refractivity contribution in [2.45, 2.75) is 144 Å². The summed E-state index contributed by atoms with van der Waals surface area (Å²) >= 11 is 0. The van der Waals surface area contributed by atoms with Gasteiger partial charge < -0.3 is 37.9 Å². The molecule has 0 spiro atoms. The minimum atomic E-state index is -0.440. The Hall–Kier alpha value is -5.06. The number of ether oxygens (including phenoxy) is 8. The summed E-state index contributed by atoms with van der Waals surface area (Å²) in [6.07, 6.45) is 1.72. The molecule has 68 heavy (non-hydrogen) atoms. The van der Waals surface area contributed by atoms with Gasteiger partial charge in [0.1, 0.15) is 36.2 Å². The largest absolute Gasteiger partial charge is 0.491 e. The van der Waals surface area contributed by atoms with E-state index in [4.69, 9.17) is 37.9 Å². The summed E-state index contributed by atoms with van der Waals surface area (Å²) in [4.78, 5) is 26.3. The second-order valence-corrected chi connectivity index (χ2v) is 22.1. The molecule has 0 amide bonds. The molecule has 0 N–H and O–H groups in total. The highest BCUT2D eigenvalue weighted by atomic mass is 16.6. The van der Waals surface area contributed by atoms with Crippen LogP contribution in [0.15, 0.2) is 48.5 Å². The fourth-order valence-electron chi connectivity index (χ4n) is 8.48. The second-order valence-electron chi connectivity index (χ2n) is 22.1. The Labute approximate surface area is 407 Å². The predicted molar refractivity (Wildman–Crippen MR) is 271 cm³/mol. The van der Waals surface area contributed by atoms with Gasteiger partial charge in [0.05, 0.1) is 26.4 Å². The summed E-state index contributed by atoms with van der Waals surface area (Å²) in [6, 6.07) is 17.9. The third-order valence-electron chi connectivity index (χ3n) is 12.3. The summed E-state index contributed by atoms with van der Waals surface area (Å²) in [6.45, 7) is 31.6. The third-order valence-corrected chi connectivity index (χ3v) is 12.3. The molecule has 0 aromatic heterocycles. The van der Waals surface area contributed by atoms with Crippen LogP contribution in [0.25, 0.3) is 0 Å². The average Bonchev–Trinajstić information content (AvgIpc) is 3.23.